The lowest BCUT2D eigenvalue weighted by atomic mass is 9.85. The van der Waals surface area contributed by atoms with E-state index < -0.39 is 5.41 Å². The molecule has 0 aromatic heterocycles. The minimum atomic E-state index is -0.677. The molecular weight excluding hydrogens is 246 g/mol. The summed E-state index contributed by atoms with van der Waals surface area (Å²) in [6.45, 7) is 3.50. The predicted octanol–water partition coefficient (Wildman–Crippen LogP) is 3.32. The number of carbonyl (C=O) groups excluding carboxylic acids is 1. The summed E-state index contributed by atoms with van der Waals surface area (Å²) in [5.74, 6) is 0. The summed E-state index contributed by atoms with van der Waals surface area (Å²) in [7, 11) is 0. The van der Waals surface area contributed by atoms with Gasteiger partial charge in [0.05, 0.1) is 0 Å². The Labute approximate surface area is 90.6 Å². The normalized spacial score (nSPS) is 11.1. The Morgan fingerprint density at radius 2 is 2.07 bits per heavy atom. The fraction of sp³-hybridized carbons (Fsp3) is 0.300. The van der Waals surface area contributed by atoms with Gasteiger partial charge in [-0.1, -0.05) is 22.0 Å². The van der Waals surface area contributed by atoms with E-state index in [1.807, 2.05) is 0 Å². The Morgan fingerprint density at radius 1 is 1.43 bits per heavy atom. The minimum Gasteiger partial charge on any atom is -0.302 e. The number of nitroso groups, excluding NO2 is 1. The number of hydrogen-bond donors (Lipinski definition) is 0. The van der Waals surface area contributed by atoms with Crippen molar-refractivity contribution in [2.45, 2.75) is 19.3 Å². The topological polar surface area (TPSA) is 46.5 Å². The second-order valence-corrected chi connectivity index (χ2v) is 4.51. The van der Waals surface area contributed by atoms with E-state index in [1.54, 1.807) is 32.0 Å². The van der Waals surface area contributed by atoms with Gasteiger partial charge in [0.25, 0.3) is 0 Å². The maximum Gasteiger partial charge on any atom is 0.130 e. The van der Waals surface area contributed by atoms with Gasteiger partial charge in [-0.05, 0) is 36.7 Å². The molecule has 0 saturated carbocycles. The van der Waals surface area contributed by atoms with Crippen LogP contribution in [0.15, 0.2) is 27.8 Å². The van der Waals surface area contributed by atoms with Crippen molar-refractivity contribution in [3.05, 3.63) is 33.1 Å². The van der Waals surface area contributed by atoms with Crippen LogP contribution in [0.1, 0.15) is 19.4 Å². The van der Waals surface area contributed by atoms with Gasteiger partial charge in [0.1, 0.15) is 12.0 Å². The lowest BCUT2D eigenvalue weighted by Crippen LogP contribution is -2.18. The van der Waals surface area contributed by atoms with Gasteiger partial charge < -0.3 is 4.79 Å². The molecule has 0 bridgehead atoms. The Hall–Kier alpha value is -1.03. The van der Waals surface area contributed by atoms with E-state index in [0.717, 1.165) is 10.8 Å². The molecule has 1 aromatic rings. The number of carbonyl (C=O) groups is 1. The molecule has 14 heavy (non-hydrogen) atoms. The molecule has 1 rings (SSSR count). The monoisotopic (exact) mass is 255 g/mol. The Kier molecular flexibility index (Phi) is 3.16. The molecule has 0 unspecified atom stereocenters. The molecule has 0 aliphatic rings. The lowest BCUT2D eigenvalue weighted by Gasteiger charge is -2.18. The Bertz CT molecular complexity index is 374. The van der Waals surface area contributed by atoms with Gasteiger partial charge >= 0.3 is 0 Å². The fourth-order valence-corrected chi connectivity index (χ4v) is 1.54. The van der Waals surface area contributed by atoms with Crippen LogP contribution in [-0.4, -0.2) is 6.29 Å². The number of nitrogens with zero attached hydrogens (tertiary/aromatic N) is 1. The molecule has 1 aromatic carbocycles. The molecule has 0 saturated heterocycles. The first kappa shape index (κ1) is 11.0. The van der Waals surface area contributed by atoms with Gasteiger partial charge in [-0.3, -0.25) is 0 Å². The van der Waals surface area contributed by atoms with Crippen LogP contribution in [0.5, 0.6) is 0 Å². The molecule has 3 nitrogen and oxygen atoms in total. The number of halogens is 1. The molecule has 0 aliphatic carbocycles. The van der Waals surface area contributed by atoms with E-state index in [1.165, 1.54) is 0 Å². The third-order valence-electron chi connectivity index (χ3n) is 2.05. The molecule has 74 valence electrons. The second-order valence-electron chi connectivity index (χ2n) is 3.59. The van der Waals surface area contributed by atoms with Crippen LogP contribution in [-0.2, 0) is 10.2 Å². The lowest BCUT2D eigenvalue weighted by molar-refractivity contribution is -0.111. The summed E-state index contributed by atoms with van der Waals surface area (Å²) in [5, 5.41) is 2.91. The summed E-state index contributed by atoms with van der Waals surface area (Å²) >= 11 is 3.24. The van der Waals surface area contributed by atoms with Crippen LogP contribution >= 0.6 is 15.9 Å². The van der Waals surface area contributed by atoms with E-state index in [-0.39, 0.29) is 0 Å². The first-order valence-electron chi connectivity index (χ1n) is 4.11. The van der Waals surface area contributed by atoms with E-state index in [9.17, 15) is 9.70 Å². The highest BCUT2D eigenvalue weighted by Gasteiger charge is 2.23. The van der Waals surface area contributed by atoms with Crippen molar-refractivity contribution in [3.63, 3.8) is 0 Å². The summed E-state index contributed by atoms with van der Waals surface area (Å²) in [6.07, 6.45) is 0.810. The maximum absolute atomic E-state index is 10.8. The molecule has 0 radical (unpaired) electrons. The first-order chi connectivity index (χ1) is 6.51. The van der Waals surface area contributed by atoms with Crippen LogP contribution in [0, 0.1) is 4.91 Å². The average molecular weight is 256 g/mol. The Balaban J connectivity index is 3.34. The third kappa shape index (κ3) is 2.07. The largest absolute Gasteiger partial charge is 0.302 e. The number of rotatable bonds is 3. The Morgan fingerprint density at radius 3 is 2.57 bits per heavy atom. The molecule has 0 spiro atoms. The number of benzene rings is 1. The smallest absolute Gasteiger partial charge is 0.130 e. The van der Waals surface area contributed by atoms with Crippen molar-refractivity contribution in [3.8, 4) is 0 Å². The molecule has 0 N–H and O–H groups in total. The van der Waals surface area contributed by atoms with Crippen molar-refractivity contribution in [2.75, 3.05) is 0 Å². The zero-order chi connectivity index (χ0) is 10.8. The molecule has 0 fully saturated rings. The highest BCUT2D eigenvalue weighted by Crippen LogP contribution is 2.32. The van der Waals surface area contributed by atoms with E-state index in [4.69, 9.17) is 0 Å². The summed E-state index contributed by atoms with van der Waals surface area (Å²) in [4.78, 5) is 21.4. The van der Waals surface area contributed by atoms with Crippen molar-refractivity contribution < 1.29 is 4.79 Å². The average Bonchev–Trinajstić information content (AvgIpc) is 2.17. The van der Waals surface area contributed by atoms with Crippen molar-refractivity contribution >= 4 is 27.9 Å². The summed E-state index contributed by atoms with van der Waals surface area (Å²) < 4.78 is 0.776. The highest BCUT2D eigenvalue weighted by atomic mass is 79.9. The predicted molar refractivity (Wildman–Crippen MR) is 58.7 cm³/mol. The molecule has 0 heterocycles. The molecule has 4 heteroatoms. The van der Waals surface area contributed by atoms with Crippen molar-refractivity contribution in [1.29, 1.82) is 0 Å². The number of aldehydes is 1. The van der Waals surface area contributed by atoms with E-state index >= 15 is 0 Å². The zero-order valence-electron chi connectivity index (χ0n) is 7.95. The standard InChI is InChI=1S/C10H10BrNO2/c1-10(2,6-13)8-4-3-7(11)5-9(8)12-14/h3-6H,1-2H3. The van der Waals surface area contributed by atoms with Gasteiger partial charge in [-0.25, -0.2) is 0 Å². The minimum absolute atomic E-state index is 0.302. The third-order valence-corrected chi connectivity index (χ3v) is 2.54. The van der Waals surface area contributed by atoms with Crippen molar-refractivity contribution in [1.82, 2.24) is 0 Å². The van der Waals surface area contributed by atoms with Gasteiger partial charge in [0, 0.05) is 9.89 Å². The summed E-state index contributed by atoms with van der Waals surface area (Å²) in [5.41, 5.74) is 0.270. The van der Waals surface area contributed by atoms with Crippen LogP contribution in [0.4, 0.5) is 5.69 Å². The highest BCUT2D eigenvalue weighted by molar-refractivity contribution is 9.10. The van der Waals surface area contributed by atoms with Gasteiger partial charge in [0.15, 0.2) is 0 Å². The number of hydrogen-bond acceptors (Lipinski definition) is 3. The van der Waals surface area contributed by atoms with Crippen molar-refractivity contribution in [2.24, 2.45) is 5.18 Å². The molecule has 0 amide bonds. The molecule has 0 atom stereocenters. The van der Waals surface area contributed by atoms with E-state index in [0.29, 0.717) is 11.3 Å². The van der Waals surface area contributed by atoms with Crippen LogP contribution < -0.4 is 0 Å². The van der Waals surface area contributed by atoms with Gasteiger partial charge in [-0.15, -0.1) is 4.91 Å². The molecule has 0 aliphatic heterocycles. The van der Waals surface area contributed by atoms with E-state index in [2.05, 4.69) is 21.1 Å². The van der Waals surface area contributed by atoms with Crippen LogP contribution in [0.25, 0.3) is 0 Å². The molecular formula is C10H10BrNO2. The first-order valence-corrected chi connectivity index (χ1v) is 4.90. The van der Waals surface area contributed by atoms with Gasteiger partial charge in [-0.2, -0.15) is 0 Å². The summed E-state index contributed by atoms with van der Waals surface area (Å²) in [6, 6.07) is 5.12. The van der Waals surface area contributed by atoms with Crippen LogP contribution in [0.3, 0.4) is 0 Å². The fourth-order valence-electron chi connectivity index (χ4n) is 1.19. The SMILES string of the molecule is CC(C)(C=O)c1ccc(Br)cc1N=O. The van der Waals surface area contributed by atoms with Gasteiger partial charge in [0.2, 0.25) is 0 Å². The van der Waals surface area contributed by atoms with Crippen LogP contribution in [0.2, 0.25) is 0 Å². The zero-order valence-corrected chi connectivity index (χ0v) is 9.54. The second kappa shape index (κ2) is 4.00. The quantitative estimate of drug-likeness (QED) is 0.615. The maximum atomic E-state index is 10.8.